The Kier molecular flexibility index (Phi) is 4.29. The van der Waals surface area contributed by atoms with Crippen LogP contribution in [0.5, 0.6) is 0 Å². The predicted molar refractivity (Wildman–Crippen MR) is 88.6 cm³/mol. The van der Waals surface area contributed by atoms with Crippen molar-refractivity contribution in [3.63, 3.8) is 0 Å². The van der Waals surface area contributed by atoms with Crippen LogP contribution in [0, 0.1) is 0 Å². The summed E-state index contributed by atoms with van der Waals surface area (Å²) >= 11 is 0. The van der Waals surface area contributed by atoms with Crippen LogP contribution in [0.2, 0.25) is 0 Å². The molecule has 114 valence electrons. The van der Waals surface area contributed by atoms with Gasteiger partial charge < -0.3 is 4.74 Å². The van der Waals surface area contributed by atoms with Crippen molar-refractivity contribution in [1.29, 1.82) is 0 Å². The van der Waals surface area contributed by atoms with Gasteiger partial charge in [0.15, 0.2) is 0 Å². The van der Waals surface area contributed by atoms with Gasteiger partial charge in [0.05, 0.1) is 36.6 Å². The van der Waals surface area contributed by atoms with Crippen molar-refractivity contribution in [1.82, 2.24) is 9.78 Å². The Labute approximate surface area is 133 Å². The highest BCUT2D eigenvalue weighted by Crippen LogP contribution is 2.16. The third kappa shape index (κ3) is 3.18. The standard InChI is InChI=1S/C18H15N3O2/c1-23-18(22)16-12-20-21(15-10-6-3-7-11-15)17(16)13-19-14-8-4-2-5-9-14/h2-13H,1H3. The highest BCUT2D eigenvalue weighted by Gasteiger charge is 2.17. The van der Waals surface area contributed by atoms with Crippen LogP contribution in [-0.2, 0) is 4.74 Å². The number of para-hydroxylation sites is 2. The van der Waals surface area contributed by atoms with Gasteiger partial charge in [-0.1, -0.05) is 36.4 Å². The van der Waals surface area contributed by atoms with Crippen LogP contribution in [0.3, 0.4) is 0 Å². The summed E-state index contributed by atoms with van der Waals surface area (Å²) in [7, 11) is 1.35. The van der Waals surface area contributed by atoms with Crippen LogP contribution < -0.4 is 0 Å². The first-order chi connectivity index (χ1) is 11.3. The van der Waals surface area contributed by atoms with Gasteiger partial charge in [0.25, 0.3) is 0 Å². The van der Waals surface area contributed by atoms with Gasteiger partial charge >= 0.3 is 5.97 Å². The molecule has 0 N–H and O–H groups in total. The molecule has 0 fully saturated rings. The summed E-state index contributed by atoms with van der Waals surface area (Å²) in [4.78, 5) is 16.4. The second kappa shape index (κ2) is 6.70. The van der Waals surface area contributed by atoms with E-state index in [2.05, 4.69) is 10.1 Å². The van der Waals surface area contributed by atoms with Crippen molar-refractivity contribution in [3.8, 4) is 5.69 Å². The van der Waals surface area contributed by atoms with Gasteiger partial charge in [-0.25, -0.2) is 9.48 Å². The average Bonchev–Trinajstić information content (AvgIpc) is 3.05. The molecule has 0 unspecified atom stereocenters. The normalized spacial score (nSPS) is 10.8. The van der Waals surface area contributed by atoms with Gasteiger partial charge in [0, 0.05) is 0 Å². The molecule has 0 aliphatic rings. The fourth-order valence-corrected chi connectivity index (χ4v) is 2.17. The molecule has 1 aromatic heterocycles. The summed E-state index contributed by atoms with van der Waals surface area (Å²) in [5.74, 6) is -0.443. The van der Waals surface area contributed by atoms with E-state index in [0.29, 0.717) is 11.3 Å². The molecule has 5 nitrogen and oxygen atoms in total. The summed E-state index contributed by atoms with van der Waals surface area (Å²) in [5.41, 5.74) is 2.59. The van der Waals surface area contributed by atoms with Gasteiger partial charge in [0.1, 0.15) is 5.56 Å². The molecular formula is C18H15N3O2. The quantitative estimate of drug-likeness (QED) is 0.548. The number of ether oxygens (including phenoxy) is 1. The Balaban J connectivity index is 2.07. The molecule has 3 aromatic rings. The van der Waals surface area contributed by atoms with Crippen LogP contribution in [0.4, 0.5) is 5.69 Å². The summed E-state index contributed by atoms with van der Waals surface area (Å²) in [6.07, 6.45) is 3.12. The summed E-state index contributed by atoms with van der Waals surface area (Å²) in [5, 5.41) is 4.29. The maximum absolute atomic E-state index is 12.0. The molecule has 0 aliphatic carbocycles. The zero-order valence-electron chi connectivity index (χ0n) is 12.6. The Bertz CT molecular complexity index is 824. The number of aliphatic imine (C=N–C) groups is 1. The fraction of sp³-hybridized carbons (Fsp3) is 0.0556. The Morgan fingerprint density at radius 1 is 1.09 bits per heavy atom. The number of rotatable bonds is 4. The van der Waals surface area contributed by atoms with Crippen LogP contribution in [0.25, 0.3) is 5.69 Å². The molecule has 0 saturated heterocycles. The molecule has 1 heterocycles. The van der Waals surface area contributed by atoms with Gasteiger partial charge in [0.2, 0.25) is 0 Å². The van der Waals surface area contributed by atoms with E-state index in [1.807, 2.05) is 60.7 Å². The molecular weight excluding hydrogens is 290 g/mol. The number of esters is 1. The topological polar surface area (TPSA) is 56.5 Å². The third-order valence-corrected chi connectivity index (χ3v) is 3.30. The highest BCUT2D eigenvalue weighted by atomic mass is 16.5. The van der Waals surface area contributed by atoms with Gasteiger partial charge in [-0.15, -0.1) is 0 Å². The predicted octanol–water partition coefficient (Wildman–Crippen LogP) is 3.41. The van der Waals surface area contributed by atoms with Crippen molar-refractivity contribution < 1.29 is 9.53 Å². The molecule has 5 heteroatoms. The van der Waals surface area contributed by atoms with Gasteiger partial charge in [-0.3, -0.25) is 4.99 Å². The molecule has 0 bridgehead atoms. The van der Waals surface area contributed by atoms with E-state index >= 15 is 0 Å². The number of carbonyl (C=O) groups excluding carboxylic acids is 1. The first-order valence-corrected chi connectivity index (χ1v) is 7.10. The maximum atomic E-state index is 12.0. The third-order valence-electron chi connectivity index (χ3n) is 3.30. The minimum absolute atomic E-state index is 0.371. The van der Waals surface area contributed by atoms with Crippen molar-refractivity contribution >= 4 is 17.9 Å². The first kappa shape index (κ1) is 14.7. The lowest BCUT2D eigenvalue weighted by molar-refractivity contribution is 0.0600. The number of hydrogen-bond donors (Lipinski definition) is 0. The Morgan fingerprint density at radius 3 is 2.39 bits per heavy atom. The number of hydrogen-bond acceptors (Lipinski definition) is 4. The van der Waals surface area contributed by atoms with Crippen molar-refractivity contribution in [2.24, 2.45) is 4.99 Å². The van der Waals surface area contributed by atoms with Gasteiger partial charge in [-0.05, 0) is 24.3 Å². The molecule has 0 saturated carbocycles. The van der Waals surface area contributed by atoms with E-state index in [4.69, 9.17) is 4.74 Å². The number of aromatic nitrogens is 2. The molecule has 3 rings (SSSR count). The van der Waals surface area contributed by atoms with E-state index < -0.39 is 5.97 Å². The van der Waals surface area contributed by atoms with Crippen LogP contribution in [0.1, 0.15) is 16.1 Å². The molecule has 0 aliphatic heterocycles. The lowest BCUT2D eigenvalue weighted by Gasteiger charge is -2.05. The zero-order chi connectivity index (χ0) is 16.1. The summed E-state index contributed by atoms with van der Waals surface area (Å²) in [6, 6.07) is 19.1. The minimum Gasteiger partial charge on any atom is -0.465 e. The lowest BCUT2D eigenvalue weighted by atomic mass is 10.2. The van der Waals surface area contributed by atoms with E-state index in [0.717, 1.165) is 11.4 Å². The zero-order valence-corrected chi connectivity index (χ0v) is 12.6. The van der Waals surface area contributed by atoms with Crippen molar-refractivity contribution in [3.05, 3.63) is 78.1 Å². The molecule has 0 atom stereocenters. The Morgan fingerprint density at radius 2 is 1.74 bits per heavy atom. The SMILES string of the molecule is COC(=O)c1cnn(-c2ccccc2)c1C=Nc1ccccc1. The van der Waals surface area contributed by atoms with E-state index in [9.17, 15) is 4.79 Å². The maximum Gasteiger partial charge on any atom is 0.341 e. The number of methoxy groups -OCH3 is 1. The fourth-order valence-electron chi connectivity index (χ4n) is 2.17. The average molecular weight is 305 g/mol. The van der Waals surface area contributed by atoms with Crippen LogP contribution >= 0.6 is 0 Å². The lowest BCUT2D eigenvalue weighted by Crippen LogP contribution is -2.07. The largest absolute Gasteiger partial charge is 0.465 e. The second-order valence-electron chi connectivity index (χ2n) is 4.78. The molecule has 2 aromatic carbocycles. The molecule has 0 spiro atoms. The number of benzene rings is 2. The van der Waals surface area contributed by atoms with Gasteiger partial charge in [-0.2, -0.15) is 5.10 Å². The smallest absolute Gasteiger partial charge is 0.341 e. The number of carbonyl (C=O) groups is 1. The monoisotopic (exact) mass is 305 g/mol. The molecule has 23 heavy (non-hydrogen) atoms. The first-order valence-electron chi connectivity index (χ1n) is 7.10. The van der Waals surface area contributed by atoms with Crippen molar-refractivity contribution in [2.75, 3.05) is 7.11 Å². The molecule has 0 amide bonds. The van der Waals surface area contributed by atoms with E-state index in [-0.39, 0.29) is 0 Å². The number of nitrogens with zero attached hydrogens (tertiary/aromatic N) is 3. The summed E-state index contributed by atoms with van der Waals surface area (Å²) in [6.45, 7) is 0. The van der Waals surface area contributed by atoms with E-state index in [1.165, 1.54) is 13.3 Å². The van der Waals surface area contributed by atoms with Crippen LogP contribution in [0.15, 0.2) is 71.9 Å². The molecule has 0 radical (unpaired) electrons. The highest BCUT2D eigenvalue weighted by molar-refractivity contribution is 5.99. The van der Waals surface area contributed by atoms with Crippen molar-refractivity contribution in [2.45, 2.75) is 0 Å². The minimum atomic E-state index is -0.443. The second-order valence-corrected chi connectivity index (χ2v) is 4.78. The van der Waals surface area contributed by atoms with E-state index in [1.54, 1.807) is 10.9 Å². The summed E-state index contributed by atoms with van der Waals surface area (Å²) < 4.78 is 6.49. The Hall–Kier alpha value is -3.21. The van der Waals surface area contributed by atoms with Crippen LogP contribution in [-0.4, -0.2) is 29.1 Å².